The molecule has 0 fully saturated rings. The van der Waals surface area contributed by atoms with E-state index in [1.54, 1.807) is 6.20 Å². The third-order valence-electron chi connectivity index (χ3n) is 4.88. The molecule has 6 heteroatoms. The molecule has 0 amide bonds. The predicted molar refractivity (Wildman–Crippen MR) is 119 cm³/mol. The number of rotatable bonds is 9. The summed E-state index contributed by atoms with van der Waals surface area (Å²) in [6.07, 6.45) is 8.74. The molecular weight excluding hydrogens is 398 g/mol. The van der Waals surface area contributed by atoms with E-state index >= 15 is 0 Å². The average molecular weight is 424 g/mol. The van der Waals surface area contributed by atoms with Crippen LogP contribution >= 0.6 is 11.6 Å². The summed E-state index contributed by atoms with van der Waals surface area (Å²) in [6, 6.07) is 13.4. The number of methoxy groups -OCH3 is 1. The van der Waals surface area contributed by atoms with Crippen LogP contribution in [0.5, 0.6) is 0 Å². The van der Waals surface area contributed by atoms with Gasteiger partial charge in [-0.3, -0.25) is 4.98 Å². The summed E-state index contributed by atoms with van der Waals surface area (Å²) in [5.74, 6) is 0.603. The van der Waals surface area contributed by atoms with Crippen molar-refractivity contribution in [2.24, 2.45) is 0 Å². The maximum Gasteiger partial charge on any atom is 0.334 e. The fraction of sp³-hybridized carbons (Fsp3) is 0.292. The summed E-state index contributed by atoms with van der Waals surface area (Å²) >= 11 is 6.40. The largest absolute Gasteiger partial charge is 0.466 e. The molecule has 0 N–H and O–H groups in total. The predicted octanol–water partition coefficient (Wildman–Crippen LogP) is 5.12. The van der Waals surface area contributed by atoms with Gasteiger partial charge < -0.3 is 9.30 Å². The number of unbranched alkanes of at least 4 members (excludes halogenated alkanes) is 1. The van der Waals surface area contributed by atoms with Gasteiger partial charge in [-0.15, -0.1) is 0 Å². The lowest BCUT2D eigenvalue weighted by Crippen LogP contribution is -2.11. The number of hydrogen-bond acceptors (Lipinski definition) is 4. The molecule has 1 aromatic carbocycles. The van der Waals surface area contributed by atoms with Gasteiger partial charge in [0.1, 0.15) is 5.82 Å². The van der Waals surface area contributed by atoms with E-state index in [1.807, 2.05) is 54.7 Å². The number of benzene rings is 1. The number of aryl methyl sites for hydroxylation is 1. The van der Waals surface area contributed by atoms with Crippen molar-refractivity contribution in [3.05, 3.63) is 88.2 Å². The van der Waals surface area contributed by atoms with Gasteiger partial charge in [0.05, 0.1) is 25.5 Å². The van der Waals surface area contributed by atoms with Crippen LogP contribution in [0.25, 0.3) is 6.08 Å². The Hall–Kier alpha value is -2.92. The monoisotopic (exact) mass is 423 g/mol. The summed E-state index contributed by atoms with van der Waals surface area (Å²) in [4.78, 5) is 21.4. The van der Waals surface area contributed by atoms with E-state index in [-0.39, 0.29) is 5.97 Å². The van der Waals surface area contributed by atoms with Crippen LogP contribution in [-0.2, 0) is 28.9 Å². The van der Waals surface area contributed by atoms with Crippen LogP contribution in [0.3, 0.4) is 0 Å². The number of carbonyl (C=O) groups excluding carboxylic acids is 1. The Morgan fingerprint density at radius 3 is 2.67 bits per heavy atom. The van der Waals surface area contributed by atoms with Crippen molar-refractivity contribution in [3.8, 4) is 0 Å². The quantitative estimate of drug-likeness (QED) is 0.354. The van der Waals surface area contributed by atoms with Gasteiger partial charge in [-0.1, -0.05) is 49.2 Å². The summed E-state index contributed by atoms with van der Waals surface area (Å²) in [7, 11) is 1.39. The maximum absolute atomic E-state index is 12.5. The van der Waals surface area contributed by atoms with Crippen LogP contribution in [0.15, 0.2) is 60.4 Å². The zero-order valence-corrected chi connectivity index (χ0v) is 18.1. The lowest BCUT2D eigenvalue weighted by Gasteiger charge is -2.13. The number of pyridine rings is 1. The molecule has 0 spiro atoms. The molecule has 3 rings (SSSR count). The van der Waals surface area contributed by atoms with E-state index in [0.29, 0.717) is 23.6 Å². The molecule has 3 aromatic rings. The van der Waals surface area contributed by atoms with Gasteiger partial charge in [0, 0.05) is 35.3 Å². The SMILES string of the molecule is CCCCc1ncc(/C=C(\Cc2ccccn2)C(=O)OC)n1Cc1ccccc1Cl. The Bertz CT molecular complexity index is 1010. The Balaban J connectivity index is 2.00. The lowest BCUT2D eigenvalue weighted by molar-refractivity contribution is -0.136. The molecule has 0 saturated heterocycles. The smallest absolute Gasteiger partial charge is 0.334 e. The van der Waals surface area contributed by atoms with Gasteiger partial charge in [-0.2, -0.15) is 0 Å². The topological polar surface area (TPSA) is 57.0 Å². The molecular formula is C24H26ClN3O2. The second-order valence-corrected chi connectivity index (χ2v) is 7.45. The van der Waals surface area contributed by atoms with Crippen LogP contribution < -0.4 is 0 Å². The second-order valence-electron chi connectivity index (χ2n) is 7.04. The molecule has 0 aliphatic carbocycles. The molecule has 2 aromatic heterocycles. The molecule has 30 heavy (non-hydrogen) atoms. The van der Waals surface area contributed by atoms with E-state index in [2.05, 4.69) is 21.5 Å². The molecule has 0 atom stereocenters. The Kier molecular flexibility index (Phi) is 7.80. The van der Waals surface area contributed by atoms with Crippen molar-refractivity contribution in [1.82, 2.24) is 14.5 Å². The lowest BCUT2D eigenvalue weighted by atomic mass is 10.1. The first-order chi connectivity index (χ1) is 14.6. The van der Waals surface area contributed by atoms with Crippen LogP contribution in [0.4, 0.5) is 0 Å². The first-order valence-electron chi connectivity index (χ1n) is 10.1. The number of halogens is 1. The third-order valence-corrected chi connectivity index (χ3v) is 5.25. The fourth-order valence-corrected chi connectivity index (χ4v) is 3.44. The number of aromatic nitrogens is 3. The van der Waals surface area contributed by atoms with Crippen LogP contribution in [0.1, 0.15) is 42.5 Å². The highest BCUT2D eigenvalue weighted by Gasteiger charge is 2.16. The summed E-state index contributed by atoms with van der Waals surface area (Å²) < 4.78 is 7.14. The van der Waals surface area contributed by atoms with Crippen molar-refractivity contribution in [2.45, 2.75) is 39.2 Å². The highest BCUT2D eigenvalue weighted by atomic mass is 35.5. The zero-order valence-electron chi connectivity index (χ0n) is 17.3. The fourth-order valence-electron chi connectivity index (χ4n) is 3.25. The molecule has 0 saturated carbocycles. The van der Waals surface area contributed by atoms with E-state index in [4.69, 9.17) is 16.3 Å². The van der Waals surface area contributed by atoms with Crippen LogP contribution in [0.2, 0.25) is 5.02 Å². The van der Waals surface area contributed by atoms with Gasteiger partial charge in [0.15, 0.2) is 0 Å². The van der Waals surface area contributed by atoms with E-state index < -0.39 is 0 Å². The number of ether oxygens (including phenoxy) is 1. The van der Waals surface area contributed by atoms with Gasteiger partial charge in [0.25, 0.3) is 0 Å². The van der Waals surface area contributed by atoms with Crippen LogP contribution in [0, 0.1) is 0 Å². The summed E-state index contributed by atoms with van der Waals surface area (Å²) in [5.41, 5.74) is 3.18. The molecule has 2 heterocycles. The van der Waals surface area contributed by atoms with Crippen molar-refractivity contribution < 1.29 is 9.53 Å². The minimum Gasteiger partial charge on any atom is -0.466 e. The minimum atomic E-state index is -0.374. The Labute approximate surface area is 182 Å². The maximum atomic E-state index is 12.5. The molecule has 5 nitrogen and oxygen atoms in total. The van der Waals surface area contributed by atoms with E-state index in [1.165, 1.54) is 7.11 Å². The van der Waals surface area contributed by atoms with Crippen molar-refractivity contribution in [1.29, 1.82) is 0 Å². The number of esters is 1. The zero-order chi connectivity index (χ0) is 21.3. The standard InChI is InChI=1S/C24H26ClN3O2/c1-3-4-12-23-27-16-21(28(23)17-18-9-5-6-11-22(18)25)15-19(24(29)30-2)14-20-10-7-8-13-26-20/h5-11,13,15-16H,3-4,12,14,17H2,1-2H3/b19-15+. The number of hydrogen-bond donors (Lipinski definition) is 0. The molecule has 0 bridgehead atoms. The Morgan fingerprint density at radius 1 is 1.17 bits per heavy atom. The third kappa shape index (κ3) is 5.57. The van der Waals surface area contributed by atoms with Crippen LogP contribution in [-0.4, -0.2) is 27.6 Å². The number of imidazole rings is 1. The van der Waals surface area contributed by atoms with E-state index in [9.17, 15) is 4.79 Å². The Morgan fingerprint density at radius 2 is 1.97 bits per heavy atom. The highest BCUT2D eigenvalue weighted by Crippen LogP contribution is 2.21. The molecule has 0 aliphatic rings. The first kappa shape index (κ1) is 21.8. The molecule has 0 radical (unpaired) electrons. The van der Waals surface area contributed by atoms with Crippen molar-refractivity contribution in [2.75, 3.05) is 7.11 Å². The van der Waals surface area contributed by atoms with Crippen molar-refractivity contribution >= 4 is 23.6 Å². The number of nitrogens with zero attached hydrogens (tertiary/aromatic N) is 3. The highest BCUT2D eigenvalue weighted by molar-refractivity contribution is 6.31. The van der Waals surface area contributed by atoms with Gasteiger partial charge in [-0.25, -0.2) is 9.78 Å². The minimum absolute atomic E-state index is 0.374. The van der Waals surface area contributed by atoms with E-state index in [0.717, 1.165) is 42.0 Å². The average Bonchev–Trinajstić information content (AvgIpc) is 3.14. The van der Waals surface area contributed by atoms with Gasteiger partial charge in [0.2, 0.25) is 0 Å². The summed E-state index contributed by atoms with van der Waals surface area (Å²) in [6.45, 7) is 2.74. The number of carbonyl (C=O) groups is 1. The molecule has 0 unspecified atom stereocenters. The second kappa shape index (κ2) is 10.7. The first-order valence-corrected chi connectivity index (χ1v) is 10.5. The van der Waals surface area contributed by atoms with Gasteiger partial charge in [-0.05, 0) is 36.3 Å². The van der Waals surface area contributed by atoms with Crippen molar-refractivity contribution in [3.63, 3.8) is 0 Å². The van der Waals surface area contributed by atoms with Gasteiger partial charge >= 0.3 is 5.97 Å². The summed E-state index contributed by atoms with van der Waals surface area (Å²) in [5, 5.41) is 0.712. The normalized spacial score (nSPS) is 11.5. The molecule has 156 valence electrons. The molecule has 0 aliphatic heterocycles.